The first-order chi connectivity index (χ1) is 3.66. The second-order valence-corrected chi connectivity index (χ2v) is 2.76. The fourth-order valence-electron chi connectivity index (χ4n) is 0.286. The van der Waals surface area contributed by atoms with Gasteiger partial charge in [0.1, 0.15) is 0 Å². The molecule has 0 fully saturated rings. The van der Waals surface area contributed by atoms with Crippen LogP contribution in [0.25, 0.3) is 0 Å². The lowest BCUT2D eigenvalue weighted by Gasteiger charge is -1.93. The Morgan fingerprint density at radius 1 is 2.00 bits per heavy atom. The summed E-state index contributed by atoms with van der Waals surface area (Å²) in [5, 5.41) is 8.22. The molecule has 44 valence electrons. The van der Waals surface area contributed by atoms with Crippen molar-refractivity contribution < 1.29 is 0 Å². The van der Waals surface area contributed by atoms with Crippen LogP contribution in [-0.4, -0.2) is 4.32 Å². The molecule has 0 aromatic rings. The van der Waals surface area contributed by atoms with E-state index in [1.54, 1.807) is 6.92 Å². The summed E-state index contributed by atoms with van der Waals surface area (Å²) in [6, 6.07) is 2.02. The second-order valence-electron chi connectivity index (χ2n) is 1.59. The van der Waals surface area contributed by atoms with Gasteiger partial charge in [0.25, 0.3) is 0 Å². The molecule has 0 spiro atoms. The molecular weight excluding hydrogens is 142 g/mol. The van der Waals surface area contributed by atoms with Crippen LogP contribution in [0.2, 0.25) is 0 Å². The molecule has 0 aliphatic heterocycles. The average molecular weight is 148 g/mol. The monoisotopic (exact) mass is 147 g/mol. The lowest BCUT2D eigenvalue weighted by Crippen LogP contribution is -1.93. The largest absolute Gasteiger partial charge is 0.198 e. The van der Waals surface area contributed by atoms with Gasteiger partial charge in [0.05, 0.1) is 10.4 Å². The summed E-state index contributed by atoms with van der Waals surface area (Å²) in [6.45, 7) is 1.79. The Bertz CT molecular complexity index is 127. The summed E-state index contributed by atoms with van der Waals surface area (Å²) in [5.41, 5.74) is 0. The minimum Gasteiger partial charge on any atom is -0.198 e. The number of hydrogen-bond donors (Lipinski definition) is 0. The van der Waals surface area contributed by atoms with Gasteiger partial charge < -0.3 is 0 Å². The van der Waals surface area contributed by atoms with Crippen LogP contribution < -0.4 is 0 Å². The predicted molar refractivity (Wildman–Crippen MR) is 37.8 cm³/mol. The lowest BCUT2D eigenvalue weighted by molar-refractivity contribution is 0.795. The quantitative estimate of drug-likeness (QED) is 0.441. The molecule has 0 N–H and O–H groups in total. The van der Waals surface area contributed by atoms with Gasteiger partial charge in [-0.3, -0.25) is 0 Å². The van der Waals surface area contributed by atoms with E-state index in [1.165, 1.54) is 0 Å². The minimum atomic E-state index is -0.0417. The first-order valence-electron chi connectivity index (χ1n) is 2.24. The highest BCUT2D eigenvalue weighted by molar-refractivity contribution is 7.83. The van der Waals surface area contributed by atoms with Gasteiger partial charge in [-0.1, -0.05) is 23.8 Å². The van der Waals surface area contributed by atoms with E-state index in [0.717, 1.165) is 0 Å². The van der Waals surface area contributed by atoms with Crippen molar-refractivity contribution in [2.45, 2.75) is 13.3 Å². The Kier molecular flexibility index (Phi) is 3.76. The topological polar surface area (TPSA) is 23.8 Å². The maximum atomic E-state index is 8.22. The van der Waals surface area contributed by atoms with Crippen LogP contribution in [0.15, 0.2) is 0 Å². The van der Waals surface area contributed by atoms with Crippen molar-refractivity contribution in [1.82, 2.24) is 0 Å². The molecule has 1 unspecified atom stereocenters. The smallest absolute Gasteiger partial charge is 0.0821 e. The Morgan fingerprint density at radius 3 is 2.62 bits per heavy atom. The van der Waals surface area contributed by atoms with Crippen molar-refractivity contribution in [2.75, 3.05) is 0 Å². The Hall–Kier alpha value is -0.130. The Morgan fingerprint density at radius 2 is 2.50 bits per heavy atom. The van der Waals surface area contributed by atoms with Gasteiger partial charge in [-0.2, -0.15) is 5.26 Å². The molecule has 0 radical (unpaired) electrons. The maximum absolute atomic E-state index is 8.22. The number of rotatable bonds is 2. The molecule has 0 aliphatic carbocycles. The van der Waals surface area contributed by atoms with Gasteiger partial charge in [0, 0.05) is 12.3 Å². The first-order valence-corrected chi connectivity index (χ1v) is 3.03. The zero-order chi connectivity index (χ0) is 6.57. The van der Waals surface area contributed by atoms with E-state index in [1.807, 2.05) is 6.07 Å². The normalized spacial score (nSPS) is 12.1. The van der Waals surface area contributed by atoms with Gasteiger partial charge in [0.15, 0.2) is 0 Å². The van der Waals surface area contributed by atoms with Gasteiger partial charge in [-0.05, 0) is 6.92 Å². The van der Waals surface area contributed by atoms with E-state index < -0.39 is 0 Å². The van der Waals surface area contributed by atoms with E-state index >= 15 is 0 Å². The van der Waals surface area contributed by atoms with Crippen LogP contribution in [0.1, 0.15) is 13.3 Å². The molecule has 0 heterocycles. The molecule has 8 heavy (non-hydrogen) atoms. The summed E-state index contributed by atoms with van der Waals surface area (Å²) in [4.78, 5) is 0. The van der Waals surface area contributed by atoms with Crippen molar-refractivity contribution in [3.8, 4) is 6.07 Å². The van der Waals surface area contributed by atoms with Gasteiger partial charge in [0.2, 0.25) is 0 Å². The lowest BCUT2D eigenvalue weighted by atomic mass is 10.1. The third-order valence-electron chi connectivity index (χ3n) is 0.687. The number of hydrogen-bond acceptors (Lipinski definition) is 2. The van der Waals surface area contributed by atoms with Crippen LogP contribution in [0.3, 0.4) is 0 Å². The van der Waals surface area contributed by atoms with E-state index in [4.69, 9.17) is 16.9 Å². The van der Waals surface area contributed by atoms with Crippen LogP contribution in [0.5, 0.6) is 0 Å². The molecule has 1 nitrogen and oxygen atoms in total. The highest BCUT2D eigenvalue weighted by Gasteiger charge is 1.99. The highest BCUT2D eigenvalue weighted by atomic mass is 35.5. The zero-order valence-corrected chi connectivity index (χ0v) is 6.09. The molecule has 0 saturated heterocycles. The number of halogens is 1. The SMILES string of the molecule is CC(C#N)CC(=S)Cl. The number of nitrogens with zero attached hydrogens (tertiary/aromatic N) is 1. The fourth-order valence-corrected chi connectivity index (χ4v) is 0.768. The molecule has 1 atom stereocenters. The minimum absolute atomic E-state index is 0.0417. The Balaban J connectivity index is 3.43. The molecule has 0 aromatic heterocycles. The van der Waals surface area contributed by atoms with Crippen molar-refractivity contribution in [3.63, 3.8) is 0 Å². The van der Waals surface area contributed by atoms with Crippen molar-refractivity contribution in [1.29, 1.82) is 5.26 Å². The predicted octanol–water partition coefficient (Wildman–Crippen LogP) is 2.10. The summed E-state index contributed by atoms with van der Waals surface area (Å²) < 4.78 is 0.388. The van der Waals surface area contributed by atoms with Crippen LogP contribution >= 0.6 is 23.8 Å². The summed E-state index contributed by atoms with van der Waals surface area (Å²) in [5.74, 6) is -0.0417. The molecule has 0 saturated carbocycles. The van der Waals surface area contributed by atoms with Crippen molar-refractivity contribution in [3.05, 3.63) is 0 Å². The molecule has 0 amide bonds. The third kappa shape index (κ3) is 4.04. The van der Waals surface area contributed by atoms with E-state index in [2.05, 4.69) is 12.2 Å². The van der Waals surface area contributed by atoms with Crippen molar-refractivity contribution in [2.24, 2.45) is 5.92 Å². The maximum Gasteiger partial charge on any atom is 0.0821 e. The molecule has 0 aliphatic rings. The standard InChI is InChI=1S/C5H6ClNS/c1-4(3-7)2-5(6)8/h4H,2H2,1H3. The highest BCUT2D eigenvalue weighted by Crippen LogP contribution is 2.03. The van der Waals surface area contributed by atoms with Gasteiger partial charge >= 0.3 is 0 Å². The molecular formula is C5H6ClNS. The zero-order valence-electron chi connectivity index (χ0n) is 4.52. The van der Waals surface area contributed by atoms with Crippen LogP contribution in [-0.2, 0) is 0 Å². The average Bonchev–Trinajstić information content (AvgIpc) is 1.65. The molecule has 0 aromatic carbocycles. The first kappa shape index (κ1) is 7.87. The van der Waals surface area contributed by atoms with Crippen LogP contribution in [0, 0.1) is 17.2 Å². The summed E-state index contributed by atoms with van der Waals surface area (Å²) in [6.07, 6.45) is 0.521. The van der Waals surface area contributed by atoms with Gasteiger partial charge in [-0.25, -0.2) is 0 Å². The van der Waals surface area contributed by atoms with E-state index in [0.29, 0.717) is 10.7 Å². The number of thiocarbonyl (C=S) groups is 1. The second kappa shape index (κ2) is 3.82. The summed E-state index contributed by atoms with van der Waals surface area (Å²) in [7, 11) is 0. The molecule has 0 bridgehead atoms. The fraction of sp³-hybridized carbons (Fsp3) is 0.600. The van der Waals surface area contributed by atoms with Crippen LogP contribution in [0.4, 0.5) is 0 Å². The van der Waals surface area contributed by atoms with Crippen molar-refractivity contribution >= 4 is 28.1 Å². The van der Waals surface area contributed by atoms with E-state index in [-0.39, 0.29) is 5.92 Å². The van der Waals surface area contributed by atoms with Gasteiger partial charge in [-0.15, -0.1) is 0 Å². The summed E-state index contributed by atoms with van der Waals surface area (Å²) >= 11 is 9.88. The molecule has 3 heteroatoms. The Labute approximate surface area is 59.3 Å². The third-order valence-corrected chi connectivity index (χ3v) is 1.01. The number of nitriles is 1. The molecule has 0 rings (SSSR count). The van der Waals surface area contributed by atoms with E-state index in [9.17, 15) is 0 Å².